The van der Waals surface area contributed by atoms with E-state index in [0.717, 1.165) is 31.9 Å². The predicted octanol–water partition coefficient (Wildman–Crippen LogP) is 3.96. The van der Waals surface area contributed by atoms with Crippen LogP contribution in [0.1, 0.15) is 37.3 Å². The maximum Gasteiger partial charge on any atom is 0.417 e. The standard InChI is InChI=1S/C14H15F3N2/c1-10-4-2-3-7-19(10)12-6-5-11(9-18)13(8-12)14(15,16)17/h5-6,8,10H,2-4,7H2,1H3. The molecule has 0 radical (unpaired) electrons. The van der Waals surface area contributed by atoms with Gasteiger partial charge in [-0.1, -0.05) is 0 Å². The summed E-state index contributed by atoms with van der Waals surface area (Å²) >= 11 is 0. The van der Waals surface area contributed by atoms with E-state index in [1.165, 1.54) is 6.07 Å². The zero-order valence-electron chi connectivity index (χ0n) is 10.7. The highest BCUT2D eigenvalue weighted by atomic mass is 19.4. The monoisotopic (exact) mass is 268 g/mol. The Bertz CT molecular complexity index is 502. The number of hydrogen-bond acceptors (Lipinski definition) is 2. The number of anilines is 1. The number of halogens is 3. The number of rotatable bonds is 1. The Kier molecular flexibility index (Phi) is 3.70. The van der Waals surface area contributed by atoms with Gasteiger partial charge in [-0.2, -0.15) is 18.4 Å². The van der Waals surface area contributed by atoms with Crippen LogP contribution in [0.3, 0.4) is 0 Å². The summed E-state index contributed by atoms with van der Waals surface area (Å²) in [7, 11) is 0. The molecule has 1 aromatic carbocycles. The molecule has 0 spiro atoms. The smallest absolute Gasteiger partial charge is 0.369 e. The van der Waals surface area contributed by atoms with E-state index >= 15 is 0 Å². The van der Waals surface area contributed by atoms with Crippen LogP contribution in [0.2, 0.25) is 0 Å². The van der Waals surface area contributed by atoms with E-state index in [9.17, 15) is 13.2 Å². The Hall–Kier alpha value is -1.70. The van der Waals surface area contributed by atoms with Gasteiger partial charge in [0.15, 0.2) is 0 Å². The fraction of sp³-hybridized carbons (Fsp3) is 0.500. The predicted molar refractivity (Wildman–Crippen MR) is 66.8 cm³/mol. The molecule has 1 atom stereocenters. The van der Waals surface area contributed by atoms with Crippen molar-refractivity contribution in [3.8, 4) is 6.07 Å². The molecule has 0 saturated carbocycles. The van der Waals surface area contributed by atoms with Crippen LogP contribution in [-0.4, -0.2) is 12.6 Å². The number of nitriles is 1. The van der Waals surface area contributed by atoms with E-state index < -0.39 is 11.7 Å². The van der Waals surface area contributed by atoms with Crippen LogP contribution >= 0.6 is 0 Å². The lowest BCUT2D eigenvalue weighted by atomic mass is 10.0. The summed E-state index contributed by atoms with van der Waals surface area (Å²) in [6, 6.07) is 5.81. The number of alkyl halides is 3. The maximum atomic E-state index is 12.9. The minimum absolute atomic E-state index is 0.239. The molecule has 1 aliphatic heterocycles. The van der Waals surface area contributed by atoms with Crippen molar-refractivity contribution in [1.82, 2.24) is 0 Å². The molecule has 0 aliphatic carbocycles. The van der Waals surface area contributed by atoms with Crippen molar-refractivity contribution in [2.45, 2.75) is 38.4 Å². The first-order chi connectivity index (χ1) is 8.93. The average Bonchev–Trinajstić information content (AvgIpc) is 2.37. The summed E-state index contributed by atoms with van der Waals surface area (Å²) in [5.41, 5.74) is -0.607. The lowest BCUT2D eigenvalue weighted by Crippen LogP contribution is -2.37. The lowest BCUT2D eigenvalue weighted by Gasteiger charge is -2.35. The normalized spacial score (nSPS) is 20.2. The van der Waals surface area contributed by atoms with Crippen LogP contribution < -0.4 is 4.90 Å². The first-order valence-corrected chi connectivity index (χ1v) is 6.31. The molecule has 2 rings (SSSR count). The molecule has 1 aromatic rings. The van der Waals surface area contributed by atoms with E-state index in [0.29, 0.717) is 5.69 Å². The van der Waals surface area contributed by atoms with Crippen molar-refractivity contribution in [2.75, 3.05) is 11.4 Å². The number of piperidine rings is 1. The maximum absolute atomic E-state index is 12.9. The van der Waals surface area contributed by atoms with E-state index in [4.69, 9.17) is 5.26 Å². The Morgan fingerprint density at radius 1 is 1.32 bits per heavy atom. The Morgan fingerprint density at radius 3 is 2.63 bits per heavy atom. The molecule has 1 heterocycles. The van der Waals surface area contributed by atoms with Crippen LogP contribution in [0.5, 0.6) is 0 Å². The molecule has 19 heavy (non-hydrogen) atoms. The van der Waals surface area contributed by atoms with Crippen LogP contribution in [0.15, 0.2) is 18.2 Å². The molecule has 0 N–H and O–H groups in total. The van der Waals surface area contributed by atoms with E-state index in [1.54, 1.807) is 12.1 Å². The second-order valence-electron chi connectivity index (χ2n) is 4.88. The molecule has 0 aromatic heterocycles. The number of nitrogens with zero attached hydrogens (tertiary/aromatic N) is 2. The molecule has 1 unspecified atom stereocenters. The molecule has 0 amide bonds. The van der Waals surface area contributed by atoms with Crippen molar-refractivity contribution in [1.29, 1.82) is 5.26 Å². The average molecular weight is 268 g/mol. The highest BCUT2D eigenvalue weighted by Crippen LogP contribution is 2.35. The van der Waals surface area contributed by atoms with Gasteiger partial charge in [0.25, 0.3) is 0 Å². The van der Waals surface area contributed by atoms with Gasteiger partial charge in [-0.25, -0.2) is 0 Å². The molecule has 0 bridgehead atoms. The van der Waals surface area contributed by atoms with Gasteiger partial charge in [0, 0.05) is 18.3 Å². The summed E-state index contributed by atoms with van der Waals surface area (Å²) in [6.07, 6.45) is -1.40. The molecular weight excluding hydrogens is 253 g/mol. The summed E-state index contributed by atoms with van der Waals surface area (Å²) < 4.78 is 38.7. The van der Waals surface area contributed by atoms with Crippen molar-refractivity contribution >= 4 is 5.69 Å². The van der Waals surface area contributed by atoms with Crippen molar-refractivity contribution in [2.24, 2.45) is 0 Å². The third kappa shape index (κ3) is 2.83. The number of hydrogen-bond donors (Lipinski definition) is 0. The zero-order valence-corrected chi connectivity index (χ0v) is 10.7. The van der Waals surface area contributed by atoms with Gasteiger partial charge in [0.1, 0.15) is 0 Å². The second-order valence-corrected chi connectivity index (χ2v) is 4.88. The van der Waals surface area contributed by atoms with Gasteiger partial charge < -0.3 is 4.90 Å². The van der Waals surface area contributed by atoms with E-state index in [2.05, 4.69) is 0 Å². The SMILES string of the molecule is CC1CCCCN1c1ccc(C#N)c(C(F)(F)F)c1. The van der Waals surface area contributed by atoms with Crippen LogP contribution in [0, 0.1) is 11.3 Å². The van der Waals surface area contributed by atoms with Crippen LogP contribution in [0.4, 0.5) is 18.9 Å². The highest BCUT2D eigenvalue weighted by molar-refractivity contribution is 5.55. The van der Waals surface area contributed by atoms with E-state index in [1.807, 2.05) is 11.8 Å². The Balaban J connectivity index is 2.41. The summed E-state index contributed by atoms with van der Waals surface area (Å²) in [6.45, 7) is 2.79. The molecular formula is C14H15F3N2. The minimum Gasteiger partial charge on any atom is -0.369 e. The van der Waals surface area contributed by atoms with E-state index in [-0.39, 0.29) is 11.6 Å². The largest absolute Gasteiger partial charge is 0.417 e. The van der Waals surface area contributed by atoms with Crippen molar-refractivity contribution < 1.29 is 13.2 Å². The summed E-state index contributed by atoms with van der Waals surface area (Å²) in [5, 5.41) is 8.77. The topological polar surface area (TPSA) is 27.0 Å². The van der Waals surface area contributed by atoms with Crippen molar-refractivity contribution in [3.05, 3.63) is 29.3 Å². The molecule has 102 valence electrons. The third-order valence-electron chi connectivity index (χ3n) is 3.56. The quantitative estimate of drug-likeness (QED) is 0.771. The van der Waals surface area contributed by atoms with Crippen LogP contribution in [0.25, 0.3) is 0 Å². The Labute approximate surface area is 110 Å². The fourth-order valence-corrected chi connectivity index (χ4v) is 2.52. The molecule has 2 nitrogen and oxygen atoms in total. The first-order valence-electron chi connectivity index (χ1n) is 6.31. The number of benzene rings is 1. The van der Waals surface area contributed by atoms with Crippen LogP contribution in [-0.2, 0) is 6.18 Å². The zero-order chi connectivity index (χ0) is 14.0. The summed E-state index contributed by atoms with van der Waals surface area (Å²) in [4.78, 5) is 1.99. The molecule has 1 saturated heterocycles. The highest BCUT2D eigenvalue weighted by Gasteiger charge is 2.34. The first kappa shape index (κ1) is 13.7. The van der Waals surface area contributed by atoms with Gasteiger partial charge in [-0.3, -0.25) is 0 Å². The molecule has 1 aliphatic rings. The van der Waals surface area contributed by atoms with Crippen molar-refractivity contribution in [3.63, 3.8) is 0 Å². The summed E-state index contributed by atoms with van der Waals surface area (Å²) in [5.74, 6) is 0. The fourth-order valence-electron chi connectivity index (χ4n) is 2.52. The Morgan fingerprint density at radius 2 is 2.05 bits per heavy atom. The third-order valence-corrected chi connectivity index (χ3v) is 3.56. The van der Waals surface area contributed by atoms with Gasteiger partial charge in [0.05, 0.1) is 17.2 Å². The lowest BCUT2D eigenvalue weighted by molar-refractivity contribution is -0.137. The molecule has 5 heteroatoms. The van der Waals surface area contributed by atoms with Gasteiger partial charge in [-0.05, 0) is 44.4 Å². The minimum atomic E-state index is -4.49. The van der Waals surface area contributed by atoms with Gasteiger partial charge in [0.2, 0.25) is 0 Å². The molecule has 1 fully saturated rings. The van der Waals surface area contributed by atoms with Gasteiger partial charge in [-0.15, -0.1) is 0 Å². The second kappa shape index (κ2) is 5.12. The van der Waals surface area contributed by atoms with Gasteiger partial charge >= 0.3 is 6.18 Å².